The Balaban J connectivity index is 2.39. The summed E-state index contributed by atoms with van der Waals surface area (Å²) in [5.41, 5.74) is 3.75. The van der Waals surface area contributed by atoms with Gasteiger partial charge in [0.15, 0.2) is 0 Å². The number of nitrogens with zero attached hydrogens (tertiary/aromatic N) is 1. The number of aryl methyl sites for hydroxylation is 2. The lowest BCUT2D eigenvalue weighted by molar-refractivity contribution is 0.0405. The fraction of sp³-hybridized carbons (Fsp3) is 0.375. The van der Waals surface area contributed by atoms with E-state index < -0.39 is 27.8 Å². The standard InChI is InChI=1S/C24H32N2O4S/c1-6-10-21(16-15-20-11-8-7-9-12-20)26(25-23(27)30-24(3,4)5)31(28,29)22-17-13-19(2)14-18-22/h6-14,17-18,21H,15-16H2,1-5H3,(H,25,27)/b10-6+. The highest BCUT2D eigenvalue weighted by atomic mass is 32.2. The Morgan fingerprint density at radius 3 is 2.26 bits per heavy atom. The van der Waals surface area contributed by atoms with Crippen LogP contribution >= 0.6 is 0 Å². The van der Waals surface area contributed by atoms with Gasteiger partial charge in [0, 0.05) is 0 Å². The number of ether oxygens (including phenoxy) is 1. The van der Waals surface area contributed by atoms with Gasteiger partial charge < -0.3 is 4.74 Å². The van der Waals surface area contributed by atoms with Crippen molar-refractivity contribution < 1.29 is 17.9 Å². The number of amides is 1. The first-order valence-electron chi connectivity index (χ1n) is 10.3. The van der Waals surface area contributed by atoms with Gasteiger partial charge in [-0.25, -0.2) is 18.6 Å². The van der Waals surface area contributed by atoms with Crippen LogP contribution < -0.4 is 5.43 Å². The fourth-order valence-electron chi connectivity index (χ4n) is 3.01. The molecule has 0 aromatic heterocycles. The zero-order valence-corrected chi connectivity index (χ0v) is 19.6. The number of hydrazine groups is 1. The highest BCUT2D eigenvalue weighted by molar-refractivity contribution is 7.89. The molecule has 0 spiro atoms. The molecule has 0 radical (unpaired) electrons. The molecule has 1 unspecified atom stereocenters. The Kier molecular flexibility index (Phi) is 8.42. The first kappa shape index (κ1) is 24.6. The molecular formula is C24H32N2O4S. The summed E-state index contributed by atoms with van der Waals surface area (Å²) in [5, 5.41) is 0. The van der Waals surface area contributed by atoms with Crippen molar-refractivity contribution in [2.75, 3.05) is 0 Å². The molecule has 1 N–H and O–H groups in total. The van der Waals surface area contributed by atoms with E-state index in [-0.39, 0.29) is 4.90 Å². The van der Waals surface area contributed by atoms with E-state index in [0.717, 1.165) is 15.5 Å². The molecule has 7 heteroatoms. The minimum absolute atomic E-state index is 0.100. The summed E-state index contributed by atoms with van der Waals surface area (Å²) in [6, 6.07) is 15.8. The van der Waals surface area contributed by atoms with Crippen LogP contribution in [0.25, 0.3) is 0 Å². The Bertz CT molecular complexity index is 978. The predicted molar refractivity (Wildman–Crippen MR) is 123 cm³/mol. The summed E-state index contributed by atoms with van der Waals surface area (Å²) in [4.78, 5) is 12.6. The molecule has 1 atom stereocenters. The molecule has 1 amide bonds. The van der Waals surface area contributed by atoms with Crippen LogP contribution in [0.4, 0.5) is 4.79 Å². The smallest absolute Gasteiger partial charge is 0.423 e. The van der Waals surface area contributed by atoms with Crippen LogP contribution in [0.5, 0.6) is 0 Å². The van der Waals surface area contributed by atoms with Gasteiger partial charge in [0.25, 0.3) is 10.0 Å². The van der Waals surface area contributed by atoms with Crippen LogP contribution in [0.15, 0.2) is 71.6 Å². The van der Waals surface area contributed by atoms with E-state index in [0.29, 0.717) is 12.8 Å². The van der Waals surface area contributed by atoms with Crippen LogP contribution in [-0.2, 0) is 21.2 Å². The number of carbonyl (C=O) groups is 1. The van der Waals surface area contributed by atoms with Crippen molar-refractivity contribution in [1.29, 1.82) is 0 Å². The summed E-state index contributed by atoms with van der Waals surface area (Å²) in [6.07, 6.45) is 3.86. The third kappa shape index (κ3) is 7.52. The van der Waals surface area contributed by atoms with Crippen molar-refractivity contribution in [3.63, 3.8) is 0 Å². The lowest BCUT2D eigenvalue weighted by Gasteiger charge is -2.30. The Morgan fingerprint density at radius 1 is 1.10 bits per heavy atom. The maximum Gasteiger partial charge on any atom is 0.423 e. The van der Waals surface area contributed by atoms with E-state index in [1.54, 1.807) is 57.2 Å². The quantitative estimate of drug-likeness (QED) is 0.459. The number of hydrogen-bond acceptors (Lipinski definition) is 4. The number of rotatable bonds is 8. The zero-order valence-electron chi connectivity index (χ0n) is 18.8. The van der Waals surface area contributed by atoms with Gasteiger partial charge in [-0.15, -0.1) is 4.41 Å². The van der Waals surface area contributed by atoms with Gasteiger partial charge in [-0.2, -0.15) is 0 Å². The summed E-state index contributed by atoms with van der Waals surface area (Å²) >= 11 is 0. The predicted octanol–water partition coefficient (Wildman–Crippen LogP) is 5.00. The fourth-order valence-corrected chi connectivity index (χ4v) is 4.44. The summed E-state index contributed by atoms with van der Waals surface area (Å²) in [5.74, 6) is 0. The SMILES string of the molecule is C/C=C/C(CCc1ccccc1)N(NC(=O)OC(C)(C)C)S(=O)(=O)c1ccc(C)cc1. The summed E-state index contributed by atoms with van der Waals surface area (Å²) in [7, 11) is -4.02. The minimum atomic E-state index is -4.02. The molecule has 6 nitrogen and oxygen atoms in total. The molecule has 0 aliphatic heterocycles. The molecule has 2 rings (SSSR count). The second kappa shape index (κ2) is 10.6. The van der Waals surface area contributed by atoms with Gasteiger partial charge in [0.2, 0.25) is 0 Å². The number of allylic oxidation sites excluding steroid dienone is 1. The van der Waals surface area contributed by atoms with Crippen LogP contribution in [0.3, 0.4) is 0 Å². The van der Waals surface area contributed by atoms with Crippen molar-refractivity contribution in [1.82, 2.24) is 9.84 Å². The lowest BCUT2D eigenvalue weighted by Crippen LogP contribution is -2.52. The van der Waals surface area contributed by atoms with Crippen molar-refractivity contribution in [3.05, 3.63) is 77.9 Å². The zero-order chi connectivity index (χ0) is 23.1. The molecule has 0 bridgehead atoms. The number of nitrogens with one attached hydrogen (secondary N) is 1. The molecule has 0 saturated carbocycles. The normalized spacial score (nSPS) is 13.4. The van der Waals surface area contributed by atoms with Gasteiger partial charge in [0.1, 0.15) is 5.60 Å². The van der Waals surface area contributed by atoms with Crippen molar-refractivity contribution in [2.45, 2.75) is 64.0 Å². The topological polar surface area (TPSA) is 75.7 Å². The Morgan fingerprint density at radius 2 is 1.71 bits per heavy atom. The van der Waals surface area contributed by atoms with Gasteiger partial charge in [-0.05, 0) is 65.2 Å². The highest BCUT2D eigenvalue weighted by Crippen LogP contribution is 2.21. The molecule has 31 heavy (non-hydrogen) atoms. The lowest BCUT2D eigenvalue weighted by atomic mass is 10.1. The number of hydrogen-bond donors (Lipinski definition) is 1. The first-order chi connectivity index (χ1) is 14.5. The van der Waals surface area contributed by atoms with E-state index >= 15 is 0 Å². The van der Waals surface area contributed by atoms with Gasteiger partial charge in [0.05, 0.1) is 10.9 Å². The number of benzene rings is 2. The molecule has 0 fully saturated rings. The Hall–Kier alpha value is -2.64. The molecule has 168 valence electrons. The maximum atomic E-state index is 13.5. The number of sulfonamides is 1. The first-order valence-corrected chi connectivity index (χ1v) is 11.7. The van der Waals surface area contributed by atoms with Crippen molar-refractivity contribution in [2.24, 2.45) is 0 Å². The van der Waals surface area contributed by atoms with Crippen molar-refractivity contribution >= 4 is 16.1 Å². The van der Waals surface area contributed by atoms with Crippen LogP contribution in [-0.4, -0.2) is 30.6 Å². The minimum Gasteiger partial charge on any atom is -0.443 e. The maximum absolute atomic E-state index is 13.5. The molecular weight excluding hydrogens is 412 g/mol. The monoisotopic (exact) mass is 444 g/mol. The van der Waals surface area contributed by atoms with Gasteiger partial charge in [-0.3, -0.25) is 0 Å². The second-order valence-electron chi connectivity index (χ2n) is 8.35. The second-order valence-corrected chi connectivity index (χ2v) is 10.2. The van der Waals surface area contributed by atoms with E-state index in [1.165, 1.54) is 0 Å². The summed E-state index contributed by atoms with van der Waals surface area (Å²) in [6.45, 7) is 8.88. The van der Waals surface area contributed by atoms with Crippen molar-refractivity contribution in [3.8, 4) is 0 Å². The highest BCUT2D eigenvalue weighted by Gasteiger charge is 2.33. The molecule has 2 aromatic carbocycles. The van der Waals surface area contributed by atoms with Crippen LogP contribution in [0, 0.1) is 6.92 Å². The van der Waals surface area contributed by atoms with E-state index in [9.17, 15) is 13.2 Å². The molecule has 0 saturated heterocycles. The number of carbonyl (C=O) groups excluding carboxylic acids is 1. The van der Waals surface area contributed by atoms with Crippen LogP contribution in [0.1, 0.15) is 45.2 Å². The van der Waals surface area contributed by atoms with E-state index in [1.807, 2.05) is 44.2 Å². The molecule has 0 aliphatic carbocycles. The summed E-state index contributed by atoms with van der Waals surface area (Å²) < 4.78 is 33.3. The largest absolute Gasteiger partial charge is 0.443 e. The third-order valence-corrected chi connectivity index (χ3v) is 6.21. The molecule has 2 aromatic rings. The Labute approximate surface area is 185 Å². The van der Waals surface area contributed by atoms with Crippen LogP contribution in [0.2, 0.25) is 0 Å². The van der Waals surface area contributed by atoms with E-state index in [2.05, 4.69) is 5.43 Å². The molecule has 0 heterocycles. The average Bonchev–Trinajstić information content (AvgIpc) is 2.69. The third-order valence-electron chi connectivity index (χ3n) is 4.47. The molecule has 0 aliphatic rings. The van der Waals surface area contributed by atoms with Gasteiger partial charge in [-0.1, -0.05) is 60.2 Å². The average molecular weight is 445 g/mol. The van der Waals surface area contributed by atoms with E-state index in [4.69, 9.17) is 4.74 Å². The van der Waals surface area contributed by atoms with Gasteiger partial charge >= 0.3 is 6.09 Å².